The molecule has 1 saturated heterocycles. The Kier molecular flexibility index (Phi) is 10.1. The zero-order valence-corrected chi connectivity index (χ0v) is 25.2. The lowest BCUT2D eigenvalue weighted by atomic mass is 9.83. The first kappa shape index (κ1) is 30.7. The Morgan fingerprint density at radius 3 is 2.53 bits per heavy atom. The lowest BCUT2D eigenvalue weighted by Crippen LogP contribution is -2.57. The first-order valence-electron chi connectivity index (χ1n) is 15.6. The highest BCUT2D eigenvalue weighted by molar-refractivity contribution is 5.93. The summed E-state index contributed by atoms with van der Waals surface area (Å²) in [5.41, 5.74) is 1.95. The quantitative estimate of drug-likeness (QED) is 0.354. The highest BCUT2D eigenvalue weighted by Crippen LogP contribution is 2.30. The van der Waals surface area contributed by atoms with Gasteiger partial charge in [0.1, 0.15) is 23.2 Å². The number of hydrogen-bond donors (Lipinski definition) is 2. The third kappa shape index (κ3) is 7.41. The summed E-state index contributed by atoms with van der Waals surface area (Å²) in [6.45, 7) is 3.15. The lowest BCUT2D eigenvalue weighted by molar-refractivity contribution is -0.139. The molecule has 10 heteroatoms. The summed E-state index contributed by atoms with van der Waals surface area (Å²) in [6, 6.07) is 10.8. The van der Waals surface area contributed by atoms with Crippen molar-refractivity contribution in [2.45, 2.75) is 76.4 Å². The summed E-state index contributed by atoms with van der Waals surface area (Å²) in [5.74, 6) is -0.630. The molecule has 3 aromatic rings. The van der Waals surface area contributed by atoms with Crippen LogP contribution in [0.3, 0.4) is 0 Å². The molecule has 0 radical (unpaired) electrons. The van der Waals surface area contributed by atoms with E-state index in [1.54, 1.807) is 37.2 Å². The molecule has 2 aromatic heterocycles. The molecule has 1 aromatic carbocycles. The van der Waals surface area contributed by atoms with E-state index in [0.717, 1.165) is 50.5 Å². The SMILES string of the molecule is CN[C@@H](C)C(=O)N[C@H](C(=O)N1CCC[C@H]1CN(CCc1ccc(F)cc1)C(=O)c1cn2ccccc2n1)C1CCCCC1. The number of aromatic nitrogens is 2. The second kappa shape index (κ2) is 14.1. The Bertz CT molecular complexity index is 1370. The number of hydrogen-bond acceptors (Lipinski definition) is 5. The van der Waals surface area contributed by atoms with Gasteiger partial charge in [-0.25, -0.2) is 9.37 Å². The predicted octanol–water partition coefficient (Wildman–Crippen LogP) is 3.82. The zero-order chi connectivity index (χ0) is 30.3. The number of nitrogens with one attached hydrogen (secondary N) is 2. The zero-order valence-electron chi connectivity index (χ0n) is 25.2. The maximum atomic E-state index is 14.2. The third-order valence-electron chi connectivity index (χ3n) is 9.06. The van der Waals surface area contributed by atoms with E-state index < -0.39 is 12.1 Å². The largest absolute Gasteiger partial charge is 0.343 e. The van der Waals surface area contributed by atoms with Gasteiger partial charge in [-0.3, -0.25) is 14.4 Å². The minimum atomic E-state index is -0.578. The Labute approximate surface area is 252 Å². The maximum Gasteiger partial charge on any atom is 0.274 e. The molecule has 1 aliphatic carbocycles. The second-order valence-corrected chi connectivity index (χ2v) is 11.9. The number of carbonyl (C=O) groups is 3. The van der Waals surface area contributed by atoms with E-state index in [0.29, 0.717) is 37.4 Å². The molecular formula is C33H43FN6O3. The summed E-state index contributed by atoms with van der Waals surface area (Å²) in [7, 11) is 1.73. The van der Waals surface area contributed by atoms with E-state index in [-0.39, 0.29) is 35.5 Å². The molecule has 2 N–H and O–H groups in total. The molecule has 9 nitrogen and oxygen atoms in total. The van der Waals surface area contributed by atoms with Crippen molar-refractivity contribution in [3.8, 4) is 0 Å². The number of likely N-dealkylation sites (N-methyl/N-ethyl adjacent to an activating group) is 1. The van der Waals surface area contributed by atoms with Gasteiger partial charge in [0.25, 0.3) is 5.91 Å². The molecule has 3 amide bonds. The van der Waals surface area contributed by atoms with Gasteiger partial charge in [0.15, 0.2) is 0 Å². The number of pyridine rings is 1. The number of fused-ring (bicyclic) bond motifs is 1. The van der Waals surface area contributed by atoms with E-state index >= 15 is 0 Å². The summed E-state index contributed by atoms with van der Waals surface area (Å²) < 4.78 is 15.3. The summed E-state index contributed by atoms with van der Waals surface area (Å²) in [6.07, 6.45) is 10.8. The smallest absolute Gasteiger partial charge is 0.274 e. The van der Waals surface area contributed by atoms with Crippen LogP contribution in [-0.2, 0) is 16.0 Å². The highest BCUT2D eigenvalue weighted by atomic mass is 19.1. The summed E-state index contributed by atoms with van der Waals surface area (Å²) in [4.78, 5) is 49.3. The van der Waals surface area contributed by atoms with Gasteiger partial charge in [0.2, 0.25) is 11.8 Å². The number of imidazole rings is 1. The Morgan fingerprint density at radius 2 is 1.81 bits per heavy atom. The first-order valence-corrected chi connectivity index (χ1v) is 15.6. The lowest BCUT2D eigenvalue weighted by Gasteiger charge is -2.37. The van der Waals surface area contributed by atoms with Crippen molar-refractivity contribution in [3.63, 3.8) is 0 Å². The average Bonchev–Trinajstić information content (AvgIpc) is 3.69. The van der Waals surface area contributed by atoms with E-state index in [1.165, 1.54) is 12.1 Å². The standard InChI is InChI=1S/C33H43FN6O3/c1-23(35-2)31(41)37-30(25-9-4-3-5-10-25)33(43)40-19-8-11-27(40)21-39(20-17-24-13-15-26(34)16-14-24)32(42)28-22-38-18-7-6-12-29(38)36-28/h6-7,12-16,18,22-23,25,27,30,35H,3-5,8-11,17,19-21H2,1-2H3,(H,37,41)/t23-,27-,30-/m0/s1. The van der Waals surface area contributed by atoms with Crippen molar-refractivity contribution in [1.29, 1.82) is 0 Å². The van der Waals surface area contributed by atoms with Crippen LogP contribution in [0.1, 0.15) is 67.9 Å². The van der Waals surface area contributed by atoms with Gasteiger partial charge < -0.3 is 24.8 Å². The molecule has 2 fully saturated rings. The summed E-state index contributed by atoms with van der Waals surface area (Å²) in [5, 5.41) is 6.06. The first-order chi connectivity index (χ1) is 20.8. The van der Waals surface area contributed by atoms with Gasteiger partial charge in [0, 0.05) is 38.1 Å². The topological polar surface area (TPSA) is 99.0 Å². The third-order valence-corrected chi connectivity index (χ3v) is 9.06. The Morgan fingerprint density at radius 1 is 1.05 bits per heavy atom. The van der Waals surface area contributed by atoms with Crippen LogP contribution in [-0.4, -0.2) is 81.7 Å². The maximum absolute atomic E-state index is 14.2. The monoisotopic (exact) mass is 590 g/mol. The van der Waals surface area contributed by atoms with Gasteiger partial charge >= 0.3 is 0 Å². The fourth-order valence-electron chi connectivity index (χ4n) is 6.40. The molecule has 1 aliphatic heterocycles. The van der Waals surface area contributed by atoms with Crippen LogP contribution in [0.5, 0.6) is 0 Å². The molecule has 3 atom stereocenters. The number of benzene rings is 1. The van der Waals surface area contributed by atoms with Crippen LogP contribution in [0.25, 0.3) is 5.65 Å². The number of halogens is 1. The second-order valence-electron chi connectivity index (χ2n) is 11.9. The number of likely N-dealkylation sites (tertiary alicyclic amines) is 1. The average molecular weight is 591 g/mol. The minimum Gasteiger partial charge on any atom is -0.343 e. The fourth-order valence-corrected chi connectivity index (χ4v) is 6.40. The molecule has 0 spiro atoms. The molecule has 0 bridgehead atoms. The molecule has 230 valence electrons. The van der Waals surface area contributed by atoms with Crippen molar-refractivity contribution in [1.82, 2.24) is 29.8 Å². The normalized spacial score (nSPS) is 18.9. The van der Waals surface area contributed by atoms with Crippen LogP contribution >= 0.6 is 0 Å². The van der Waals surface area contributed by atoms with Gasteiger partial charge in [-0.05, 0) is 81.8 Å². The predicted molar refractivity (Wildman–Crippen MR) is 163 cm³/mol. The molecule has 1 saturated carbocycles. The van der Waals surface area contributed by atoms with Crippen LogP contribution < -0.4 is 10.6 Å². The van der Waals surface area contributed by atoms with Crippen molar-refractivity contribution in [2.75, 3.05) is 26.7 Å². The van der Waals surface area contributed by atoms with Crippen molar-refractivity contribution in [2.24, 2.45) is 5.92 Å². The van der Waals surface area contributed by atoms with Gasteiger partial charge in [-0.1, -0.05) is 37.5 Å². The van der Waals surface area contributed by atoms with E-state index in [9.17, 15) is 18.8 Å². The number of rotatable bonds is 11. The Hall–Kier alpha value is -3.79. The highest BCUT2D eigenvalue weighted by Gasteiger charge is 2.39. The van der Waals surface area contributed by atoms with Gasteiger partial charge in [-0.2, -0.15) is 0 Å². The molecule has 5 rings (SSSR count). The van der Waals surface area contributed by atoms with Crippen LogP contribution in [0.2, 0.25) is 0 Å². The van der Waals surface area contributed by atoms with Gasteiger partial charge in [-0.15, -0.1) is 0 Å². The fraction of sp³-hybridized carbons (Fsp3) is 0.515. The number of amides is 3. The molecule has 3 heterocycles. The van der Waals surface area contributed by atoms with E-state index in [1.807, 2.05) is 33.7 Å². The van der Waals surface area contributed by atoms with Crippen molar-refractivity contribution < 1.29 is 18.8 Å². The van der Waals surface area contributed by atoms with E-state index in [4.69, 9.17) is 0 Å². The molecule has 2 aliphatic rings. The molecule has 0 unspecified atom stereocenters. The van der Waals surface area contributed by atoms with Crippen molar-refractivity contribution in [3.05, 3.63) is 71.9 Å². The van der Waals surface area contributed by atoms with Crippen molar-refractivity contribution >= 4 is 23.4 Å². The van der Waals surface area contributed by atoms with Crippen LogP contribution in [0, 0.1) is 11.7 Å². The van der Waals surface area contributed by atoms with Crippen LogP contribution in [0.15, 0.2) is 54.9 Å². The molecular weight excluding hydrogens is 547 g/mol. The van der Waals surface area contributed by atoms with Crippen LogP contribution in [0.4, 0.5) is 4.39 Å². The summed E-state index contributed by atoms with van der Waals surface area (Å²) >= 11 is 0. The Balaban J connectivity index is 1.36. The van der Waals surface area contributed by atoms with E-state index in [2.05, 4.69) is 15.6 Å². The molecule has 43 heavy (non-hydrogen) atoms. The van der Waals surface area contributed by atoms with Gasteiger partial charge in [0.05, 0.1) is 6.04 Å². The number of carbonyl (C=O) groups excluding carboxylic acids is 3. The minimum absolute atomic E-state index is 0.0512. The number of nitrogens with zero attached hydrogens (tertiary/aromatic N) is 4.